The average molecular weight is 285 g/mol. The summed E-state index contributed by atoms with van der Waals surface area (Å²) in [6.45, 7) is 14.8. The van der Waals surface area contributed by atoms with E-state index >= 15 is 0 Å². The van der Waals surface area contributed by atoms with Gasteiger partial charge >= 0.3 is 0 Å². The van der Waals surface area contributed by atoms with Crippen LogP contribution in [0.2, 0.25) is 0 Å². The monoisotopic (exact) mass is 284 g/mol. The smallest absolute Gasteiger partial charge is 0.157 e. The van der Waals surface area contributed by atoms with Gasteiger partial charge in [-0.2, -0.15) is 0 Å². The van der Waals surface area contributed by atoms with Crippen LogP contribution in [0.15, 0.2) is 4.99 Å². The van der Waals surface area contributed by atoms with E-state index in [-0.39, 0.29) is 0 Å². The van der Waals surface area contributed by atoms with E-state index in [1.807, 2.05) is 11.8 Å². The molecule has 0 saturated carbocycles. The zero-order valence-corrected chi connectivity index (χ0v) is 14.4. The maximum absolute atomic E-state index is 4.65. The van der Waals surface area contributed by atoms with Crippen LogP contribution in [0.1, 0.15) is 67.2 Å². The highest BCUT2D eigenvalue weighted by Gasteiger charge is 2.25. The molecule has 19 heavy (non-hydrogen) atoms. The quantitative estimate of drug-likeness (QED) is 0.764. The molecular formula is C16H32N2S. The van der Waals surface area contributed by atoms with Crippen molar-refractivity contribution in [1.29, 1.82) is 0 Å². The van der Waals surface area contributed by atoms with E-state index in [4.69, 9.17) is 0 Å². The molecule has 0 aromatic carbocycles. The minimum absolute atomic E-state index is 0.408. The van der Waals surface area contributed by atoms with Crippen LogP contribution in [-0.4, -0.2) is 23.0 Å². The summed E-state index contributed by atoms with van der Waals surface area (Å²) in [5, 5.41) is 5.43. The van der Waals surface area contributed by atoms with Gasteiger partial charge in [-0.25, -0.2) is 0 Å². The summed E-state index contributed by atoms with van der Waals surface area (Å²) in [5.74, 6) is 0.821. The van der Waals surface area contributed by atoms with Crippen molar-refractivity contribution >= 4 is 16.9 Å². The van der Waals surface area contributed by atoms with Crippen molar-refractivity contribution in [2.45, 2.75) is 78.5 Å². The minimum Gasteiger partial charge on any atom is -0.362 e. The number of rotatable bonds is 6. The lowest BCUT2D eigenvalue weighted by atomic mass is 9.90. The molecule has 0 fully saturated rings. The SMILES string of the molecule is CC(C)CCCC(C)NC1=NCC(CC(C)(C)C)S1. The molecule has 0 spiro atoms. The Hall–Kier alpha value is -0.180. The largest absolute Gasteiger partial charge is 0.362 e. The lowest BCUT2D eigenvalue weighted by Gasteiger charge is -2.22. The van der Waals surface area contributed by atoms with Gasteiger partial charge in [0.05, 0.1) is 6.54 Å². The molecule has 0 amide bonds. The van der Waals surface area contributed by atoms with Gasteiger partial charge in [0.15, 0.2) is 5.17 Å². The number of hydrogen-bond donors (Lipinski definition) is 1. The van der Waals surface area contributed by atoms with E-state index in [0.29, 0.717) is 16.7 Å². The molecule has 2 atom stereocenters. The first kappa shape index (κ1) is 16.9. The summed E-state index contributed by atoms with van der Waals surface area (Å²) in [4.78, 5) is 4.65. The zero-order chi connectivity index (χ0) is 14.5. The summed E-state index contributed by atoms with van der Waals surface area (Å²) < 4.78 is 0. The Labute approximate surface area is 124 Å². The van der Waals surface area contributed by atoms with Crippen molar-refractivity contribution in [3.05, 3.63) is 0 Å². The van der Waals surface area contributed by atoms with Gasteiger partial charge in [0.2, 0.25) is 0 Å². The predicted molar refractivity (Wildman–Crippen MR) is 89.0 cm³/mol. The molecule has 1 aliphatic rings. The van der Waals surface area contributed by atoms with Crippen LogP contribution in [0.3, 0.4) is 0 Å². The molecule has 3 heteroatoms. The second-order valence-corrected chi connectivity index (χ2v) is 8.81. The first-order valence-corrected chi connectivity index (χ1v) is 8.62. The Bertz CT molecular complexity index is 292. The Morgan fingerprint density at radius 2 is 1.95 bits per heavy atom. The Kier molecular flexibility index (Phi) is 6.72. The Morgan fingerprint density at radius 3 is 2.53 bits per heavy atom. The lowest BCUT2D eigenvalue weighted by molar-refractivity contribution is 0.375. The second-order valence-electron chi connectivity index (χ2n) is 7.52. The molecule has 2 unspecified atom stereocenters. The van der Waals surface area contributed by atoms with Crippen LogP contribution < -0.4 is 5.32 Å². The first-order valence-electron chi connectivity index (χ1n) is 7.74. The maximum atomic E-state index is 4.65. The fourth-order valence-electron chi connectivity index (χ4n) is 2.40. The van der Waals surface area contributed by atoms with Gasteiger partial charge in [0, 0.05) is 11.3 Å². The van der Waals surface area contributed by atoms with Crippen LogP contribution in [0.5, 0.6) is 0 Å². The number of hydrogen-bond acceptors (Lipinski definition) is 3. The van der Waals surface area contributed by atoms with Gasteiger partial charge in [0.1, 0.15) is 0 Å². The van der Waals surface area contributed by atoms with Gasteiger partial charge < -0.3 is 5.32 Å². The van der Waals surface area contributed by atoms with Crippen LogP contribution in [0.25, 0.3) is 0 Å². The van der Waals surface area contributed by atoms with Crippen molar-refractivity contribution in [3.63, 3.8) is 0 Å². The average Bonchev–Trinajstić information content (AvgIpc) is 2.61. The highest BCUT2D eigenvalue weighted by molar-refractivity contribution is 8.14. The van der Waals surface area contributed by atoms with Crippen molar-refractivity contribution < 1.29 is 0 Å². The summed E-state index contributed by atoms with van der Waals surface area (Å²) in [5.41, 5.74) is 0.408. The molecule has 0 saturated heterocycles. The van der Waals surface area contributed by atoms with Crippen molar-refractivity contribution in [2.75, 3.05) is 6.54 Å². The Morgan fingerprint density at radius 1 is 1.26 bits per heavy atom. The van der Waals surface area contributed by atoms with Crippen molar-refractivity contribution in [1.82, 2.24) is 5.32 Å². The molecule has 1 heterocycles. The summed E-state index contributed by atoms with van der Waals surface area (Å²) in [7, 11) is 0. The molecule has 0 bridgehead atoms. The fraction of sp³-hybridized carbons (Fsp3) is 0.938. The van der Waals surface area contributed by atoms with E-state index < -0.39 is 0 Å². The van der Waals surface area contributed by atoms with E-state index in [9.17, 15) is 0 Å². The van der Waals surface area contributed by atoms with Crippen molar-refractivity contribution in [3.8, 4) is 0 Å². The molecule has 112 valence electrons. The lowest BCUT2D eigenvalue weighted by Crippen LogP contribution is -2.30. The number of thioether (sulfide) groups is 1. The van der Waals surface area contributed by atoms with E-state index in [2.05, 4.69) is 51.9 Å². The highest BCUT2D eigenvalue weighted by Crippen LogP contribution is 2.31. The van der Waals surface area contributed by atoms with Gasteiger partial charge in [-0.3, -0.25) is 4.99 Å². The normalized spacial score (nSPS) is 21.6. The fourth-order valence-corrected chi connectivity index (χ4v) is 3.87. The molecule has 1 N–H and O–H groups in total. The van der Waals surface area contributed by atoms with Crippen LogP contribution in [0, 0.1) is 11.3 Å². The van der Waals surface area contributed by atoms with Crippen LogP contribution >= 0.6 is 11.8 Å². The summed E-state index contributed by atoms with van der Waals surface area (Å²) in [6.07, 6.45) is 5.14. The third-order valence-electron chi connectivity index (χ3n) is 3.35. The van der Waals surface area contributed by atoms with E-state index in [1.165, 1.54) is 30.9 Å². The standard InChI is InChI=1S/C16H32N2S/c1-12(2)8-7-9-13(3)18-15-17-11-14(19-15)10-16(4,5)6/h12-14H,7-11H2,1-6H3,(H,17,18). The first-order chi connectivity index (χ1) is 8.76. The zero-order valence-electron chi connectivity index (χ0n) is 13.6. The molecule has 0 aliphatic carbocycles. The molecule has 0 radical (unpaired) electrons. The van der Waals surface area contributed by atoms with E-state index in [0.717, 1.165) is 12.5 Å². The highest BCUT2D eigenvalue weighted by atomic mass is 32.2. The number of amidine groups is 1. The molecule has 2 nitrogen and oxygen atoms in total. The second kappa shape index (κ2) is 7.56. The van der Waals surface area contributed by atoms with Gasteiger partial charge in [-0.05, 0) is 31.1 Å². The molecular weight excluding hydrogens is 252 g/mol. The predicted octanol–water partition coefficient (Wildman–Crippen LogP) is 4.70. The van der Waals surface area contributed by atoms with Gasteiger partial charge in [0.25, 0.3) is 0 Å². The van der Waals surface area contributed by atoms with Gasteiger partial charge in [-0.15, -0.1) is 0 Å². The minimum atomic E-state index is 0.408. The number of nitrogens with zero attached hydrogens (tertiary/aromatic N) is 1. The Balaban J connectivity index is 2.20. The number of aliphatic imine (C=N–C) groups is 1. The van der Waals surface area contributed by atoms with Crippen LogP contribution in [-0.2, 0) is 0 Å². The molecule has 1 aliphatic heterocycles. The summed E-state index contributed by atoms with van der Waals surface area (Å²) in [6, 6.07) is 0.554. The van der Waals surface area contributed by atoms with Crippen molar-refractivity contribution in [2.24, 2.45) is 16.3 Å². The van der Waals surface area contributed by atoms with Crippen LogP contribution in [0.4, 0.5) is 0 Å². The number of nitrogens with one attached hydrogen (secondary N) is 1. The molecule has 1 rings (SSSR count). The topological polar surface area (TPSA) is 24.4 Å². The summed E-state index contributed by atoms with van der Waals surface area (Å²) >= 11 is 1.94. The molecule has 0 aromatic heterocycles. The van der Waals surface area contributed by atoms with Gasteiger partial charge in [-0.1, -0.05) is 59.2 Å². The van der Waals surface area contributed by atoms with E-state index in [1.54, 1.807) is 0 Å². The molecule has 0 aromatic rings. The third kappa shape index (κ3) is 7.86. The maximum Gasteiger partial charge on any atom is 0.157 e. The third-order valence-corrected chi connectivity index (χ3v) is 4.46.